The zero-order valence-corrected chi connectivity index (χ0v) is 35.3. The standard InChI is InChI=1S/C47H52N12O2/c1-27(2)40(56-46-48-18-8-19-49-46)44(60)58-22-6-10-38(58)42-52-26-37(55-42)34-16-13-32-24-30(12-15-33(32)29(34)5)31-14-17-35-36(25-31)54-43(53-35)39-11-7-23-59(39)45(61)41(28(3)4)57-47-50-20-9-21-51-47/h8-9,12-21,24-28,38-41H,6-7,10-11,22-23H2,1-5H3,(H,52,55)(H,53,54)(H,48,49,56)(H,50,51,57)/t38-,39-,40-,41-/m0/s1. The Labute approximate surface area is 355 Å². The number of benzene rings is 3. The van der Waals surface area contributed by atoms with Crippen molar-refractivity contribution in [3.63, 3.8) is 0 Å². The number of aromatic amines is 2. The molecular formula is C47H52N12O2. The molecule has 61 heavy (non-hydrogen) atoms. The van der Waals surface area contributed by atoms with Gasteiger partial charge in [-0.05, 0) is 102 Å². The highest BCUT2D eigenvalue weighted by Crippen LogP contribution is 2.37. The minimum atomic E-state index is -0.453. The van der Waals surface area contributed by atoms with Gasteiger partial charge in [0.05, 0.1) is 35.0 Å². The first-order chi connectivity index (χ1) is 29.6. The second-order valence-electron chi connectivity index (χ2n) is 17.0. The van der Waals surface area contributed by atoms with Crippen LogP contribution in [0.1, 0.15) is 82.7 Å². The molecule has 0 saturated carbocycles. The van der Waals surface area contributed by atoms with E-state index in [1.807, 2.05) is 43.7 Å². The monoisotopic (exact) mass is 816 g/mol. The molecular weight excluding hydrogens is 765 g/mol. The third-order valence-corrected chi connectivity index (χ3v) is 12.3. The van der Waals surface area contributed by atoms with E-state index in [0.717, 1.165) is 87.1 Å². The zero-order chi connectivity index (χ0) is 42.2. The van der Waals surface area contributed by atoms with Crippen LogP contribution < -0.4 is 10.6 Å². The summed E-state index contributed by atoms with van der Waals surface area (Å²) in [4.78, 5) is 66.0. The molecule has 4 aromatic heterocycles. The van der Waals surface area contributed by atoms with Crippen LogP contribution in [0.15, 0.2) is 91.6 Å². The number of carbonyl (C=O) groups is 2. The van der Waals surface area contributed by atoms with E-state index >= 15 is 0 Å². The highest BCUT2D eigenvalue weighted by molar-refractivity contribution is 5.95. The topological polar surface area (TPSA) is 174 Å². The van der Waals surface area contributed by atoms with Gasteiger partial charge in [-0.25, -0.2) is 29.9 Å². The summed E-state index contributed by atoms with van der Waals surface area (Å²) < 4.78 is 0. The van der Waals surface area contributed by atoms with Gasteiger partial charge in [0.15, 0.2) is 0 Å². The van der Waals surface area contributed by atoms with Crippen molar-refractivity contribution in [2.45, 2.75) is 84.5 Å². The van der Waals surface area contributed by atoms with Gasteiger partial charge in [-0.1, -0.05) is 58.0 Å². The zero-order valence-electron chi connectivity index (χ0n) is 35.3. The van der Waals surface area contributed by atoms with Gasteiger partial charge < -0.3 is 30.4 Å². The van der Waals surface area contributed by atoms with Crippen LogP contribution in [-0.4, -0.2) is 86.7 Å². The second-order valence-corrected chi connectivity index (χ2v) is 17.0. The summed E-state index contributed by atoms with van der Waals surface area (Å²) in [6.07, 6.45) is 12.1. The molecule has 7 aromatic rings. The highest BCUT2D eigenvalue weighted by atomic mass is 16.2. The average molecular weight is 817 g/mol. The number of anilines is 2. The Morgan fingerprint density at radius 1 is 0.689 bits per heavy atom. The first-order valence-electron chi connectivity index (χ1n) is 21.4. The third-order valence-electron chi connectivity index (χ3n) is 12.3. The van der Waals surface area contributed by atoms with Crippen LogP contribution in [0.3, 0.4) is 0 Å². The highest BCUT2D eigenvalue weighted by Gasteiger charge is 2.38. The predicted molar refractivity (Wildman–Crippen MR) is 237 cm³/mol. The first kappa shape index (κ1) is 39.7. The SMILES string of the molecule is Cc1c(-c2cnc([C@@H]3CCCN3C(=O)[C@@H](Nc3ncccn3)C(C)C)[nH]2)ccc2cc(-c3ccc4nc([C@@H]5CCCN5C(=O)[C@@H](Nc5ncccn5)C(C)C)[nH]c4c3)ccc12. The Morgan fingerprint density at radius 3 is 1.87 bits per heavy atom. The van der Waals surface area contributed by atoms with Crippen molar-refractivity contribution in [1.29, 1.82) is 0 Å². The Morgan fingerprint density at radius 2 is 1.26 bits per heavy atom. The smallest absolute Gasteiger partial charge is 0.246 e. The summed E-state index contributed by atoms with van der Waals surface area (Å²) in [5.41, 5.74) is 7.16. The molecule has 4 atom stereocenters. The van der Waals surface area contributed by atoms with Crippen LogP contribution in [0.5, 0.6) is 0 Å². The molecule has 14 heteroatoms. The number of nitrogens with one attached hydrogen (secondary N) is 4. The van der Waals surface area contributed by atoms with Gasteiger partial charge in [0, 0.05) is 43.4 Å². The maximum Gasteiger partial charge on any atom is 0.246 e. The number of nitrogens with zero attached hydrogens (tertiary/aromatic N) is 8. The van der Waals surface area contributed by atoms with Crippen molar-refractivity contribution >= 4 is 45.5 Å². The first-order valence-corrected chi connectivity index (χ1v) is 21.4. The van der Waals surface area contributed by atoms with Gasteiger partial charge in [-0.15, -0.1) is 0 Å². The maximum atomic E-state index is 14.0. The van der Waals surface area contributed by atoms with Crippen LogP contribution in [0.4, 0.5) is 11.9 Å². The third kappa shape index (κ3) is 7.89. The number of aryl methyl sites for hydroxylation is 1. The normalized spacial score (nSPS) is 17.8. The molecule has 3 aromatic carbocycles. The van der Waals surface area contributed by atoms with Crippen LogP contribution in [0.25, 0.3) is 44.2 Å². The molecule has 0 radical (unpaired) electrons. The van der Waals surface area contributed by atoms with Gasteiger partial charge >= 0.3 is 0 Å². The molecule has 14 nitrogen and oxygen atoms in total. The number of fused-ring (bicyclic) bond motifs is 2. The minimum Gasteiger partial charge on any atom is -0.342 e. The van der Waals surface area contributed by atoms with E-state index in [9.17, 15) is 9.59 Å². The van der Waals surface area contributed by atoms with Crippen molar-refractivity contribution in [3.05, 3.63) is 109 Å². The number of rotatable bonds is 12. The van der Waals surface area contributed by atoms with E-state index < -0.39 is 12.1 Å². The van der Waals surface area contributed by atoms with Crippen molar-refractivity contribution in [1.82, 2.24) is 49.7 Å². The molecule has 9 rings (SSSR count). The number of amides is 2. The van der Waals surface area contributed by atoms with Crippen LogP contribution >= 0.6 is 0 Å². The van der Waals surface area contributed by atoms with Gasteiger partial charge in [0.1, 0.15) is 23.7 Å². The molecule has 0 aliphatic carbocycles. The summed E-state index contributed by atoms with van der Waals surface area (Å²) in [6.45, 7) is 11.6. The summed E-state index contributed by atoms with van der Waals surface area (Å²) in [5.74, 6) is 2.65. The van der Waals surface area contributed by atoms with E-state index in [1.54, 1.807) is 36.9 Å². The molecule has 2 saturated heterocycles. The van der Waals surface area contributed by atoms with Crippen molar-refractivity contribution in [3.8, 4) is 22.4 Å². The van der Waals surface area contributed by atoms with E-state index in [4.69, 9.17) is 9.97 Å². The lowest BCUT2D eigenvalue weighted by Gasteiger charge is -2.30. The quantitative estimate of drug-likeness (QED) is 0.0940. The summed E-state index contributed by atoms with van der Waals surface area (Å²) in [7, 11) is 0. The summed E-state index contributed by atoms with van der Waals surface area (Å²) in [5, 5.41) is 8.84. The number of aromatic nitrogens is 8. The second kappa shape index (κ2) is 16.7. The Bertz CT molecular complexity index is 2680. The van der Waals surface area contributed by atoms with Crippen molar-refractivity contribution in [2.75, 3.05) is 23.7 Å². The number of imidazole rings is 2. The molecule has 0 bridgehead atoms. The molecule has 4 N–H and O–H groups in total. The molecule has 2 fully saturated rings. The van der Waals surface area contributed by atoms with E-state index in [-0.39, 0.29) is 35.7 Å². The Balaban J connectivity index is 0.918. The predicted octanol–water partition coefficient (Wildman–Crippen LogP) is 8.26. The molecule has 6 heterocycles. The van der Waals surface area contributed by atoms with E-state index in [1.165, 1.54) is 0 Å². The van der Waals surface area contributed by atoms with Gasteiger partial charge in [-0.3, -0.25) is 9.59 Å². The lowest BCUT2D eigenvalue weighted by atomic mass is 9.95. The van der Waals surface area contributed by atoms with E-state index in [0.29, 0.717) is 25.0 Å². The van der Waals surface area contributed by atoms with E-state index in [2.05, 4.69) is 96.0 Å². The Kier molecular flexibility index (Phi) is 10.9. The lowest BCUT2D eigenvalue weighted by Crippen LogP contribution is -2.45. The van der Waals surface area contributed by atoms with Gasteiger partial charge in [0.2, 0.25) is 23.7 Å². The Hall–Kier alpha value is -6.70. The number of carbonyl (C=O) groups excluding carboxylic acids is 2. The van der Waals surface area contributed by atoms with Gasteiger partial charge in [-0.2, -0.15) is 0 Å². The van der Waals surface area contributed by atoms with Crippen LogP contribution in [0, 0.1) is 18.8 Å². The molecule has 312 valence electrons. The van der Waals surface area contributed by atoms with Crippen LogP contribution in [0.2, 0.25) is 0 Å². The number of H-pyrrole nitrogens is 2. The number of hydrogen-bond acceptors (Lipinski definition) is 10. The summed E-state index contributed by atoms with van der Waals surface area (Å²) >= 11 is 0. The average Bonchev–Trinajstić information content (AvgIpc) is 4.11. The molecule has 2 aliphatic heterocycles. The van der Waals surface area contributed by atoms with Crippen molar-refractivity contribution < 1.29 is 9.59 Å². The largest absolute Gasteiger partial charge is 0.342 e. The van der Waals surface area contributed by atoms with Gasteiger partial charge in [0.25, 0.3) is 0 Å². The lowest BCUT2D eigenvalue weighted by molar-refractivity contribution is -0.134. The molecule has 0 spiro atoms. The molecule has 2 amide bonds. The van der Waals surface area contributed by atoms with Crippen molar-refractivity contribution in [2.24, 2.45) is 11.8 Å². The fourth-order valence-corrected chi connectivity index (χ4v) is 9.01. The summed E-state index contributed by atoms with van der Waals surface area (Å²) in [6, 6.07) is 19.6. The van der Waals surface area contributed by atoms with Crippen LogP contribution in [-0.2, 0) is 9.59 Å². The molecule has 0 unspecified atom stereocenters. The minimum absolute atomic E-state index is 0.0311. The fourth-order valence-electron chi connectivity index (χ4n) is 9.01. The number of hydrogen-bond donors (Lipinski definition) is 4. The fraction of sp³-hybridized carbons (Fsp3) is 0.362. The number of likely N-dealkylation sites (tertiary alicyclic amines) is 2. The molecule has 2 aliphatic rings. The maximum absolute atomic E-state index is 14.0.